The van der Waals surface area contributed by atoms with Crippen molar-refractivity contribution in [3.8, 4) is 0 Å². The molecule has 1 rings (SSSR count). The van der Waals surface area contributed by atoms with Gasteiger partial charge >= 0.3 is 0 Å². The molecule has 0 saturated heterocycles. The van der Waals surface area contributed by atoms with Crippen LogP contribution in [0.1, 0.15) is 70.2 Å². The van der Waals surface area contributed by atoms with Crippen LogP contribution in [0.25, 0.3) is 0 Å². The maximum absolute atomic E-state index is 6.27. The highest BCUT2D eigenvalue weighted by Gasteiger charge is 2.15. The summed E-state index contributed by atoms with van der Waals surface area (Å²) in [7, 11) is 2.01. The zero-order chi connectivity index (χ0) is 15.0. The smallest absolute Gasteiger partial charge is 0.0766 e. The van der Waals surface area contributed by atoms with Gasteiger partial charge in [0, 0.05) is 19.5 Å². The minimum Gasteiger partial charge on any atom is -0.327 e. The van der Waals surface area contributed by atoms with E-state index in [1.807, 2.05) is 11.7 Å². The van der Waals surface area contributed by atoms with Gasteiger partial charge in [-0.05, 0) is 28.8 Å². The first kappa shape index (κ1) is 17.7. The normalized spacial score (nSPS) is 12.8. The molecular weight excluding hydrogens is 314 g/mol. The van der Waals surface area contributed by atoms with Gasteiger partial charge in [0.15, 0.2) is 0 Å². The molecule has 0 aromatic carbocycles. The standard InChI is InChI=1S/C16H30BrN3/c1-4-6-7-8-9-10-11-13(18)12-15-16(17)14(5-2)19-20(15)3/h13H,4-12,18H2,1-3H3. The Labute approximate surface area is 132 Å². The number of hydrogen-bond donors (Lipinski definition) is 1. The van der Waals surface area contributed by atoms with Crippen molar-refractivity contribution in [3.05, 3.63) is 15.9 Å². The van der Waals surface area contributed by atoms with Gasteiger partial charge in [-0.1, -0.05) is 52.4 Å². The zero-order valence-electron chi connectivity index (χ0n) is 13.3. The van der Waals surface area contributed by atoms with Crippen molar-refractivity contribution in [2.24, 2.45) is 12.8 Å². The Hall–Kier alpha value is -0.350. The number of aromatic nitrogens is 2. The Bertz CT molecular complexity index is 387. The maximum atomic E-state index is 6.27. The average Bonchev–Trinajstić information content (AvgIpc) is 2.70. The topological polar surface area (TPSA) is 43.8 Å². The fraction of sp³-hybridized carbons (Fsp3) is 0.812. The van der Waals surface area contributed by atoms with Crippen molar-refractivity contribution in [2.75, 3.05) is 0 Å². The van der Waals surface area contributed by atoms with E-state index in [-0.39, 0.29) is 6.04 Å². The van der Waals surface area contributed by atoms with E-state index in [0.29, 0.717) is 0 Å². The van der Waals surface area contributed by atoms with E-state index in [4.69, 9.17) is 5.73 Å². The van der Waals surface area contributed by atoms with Crippen LogP contribution in [-0.2, 0) is 19.9 Å². The lowest BCUT2D eigenvalue weighted by Gasteiger charge is -2.12. The van der Waals surface area contributed by atoms with Crippen molar-refractivity contribution in [3.63, 3.8) is 0 Å². The van der Waals surface area contributed by atoms with Gasteiger partial charge in [-0.2, -0.15) is 5.10 Å². The molecule has 0 fully saturated rings. The van der Waals surface area contributed by atoms with Crippen molar-refractivity contribution < 1.29 is 0 Å². The van der Waals surface area contributed by atoms with Crippen LogP contribution in [0.15, 0.2) is 4.47 Å². The molecule has 0 aliphatic heterocycles. The second-order valence-corrected chi connectivity index (χ2v) is 6.50. The molecular formula is C16H30BrN3. The first-order valence-electron chi connectivity index (χ1n) is 8.05. The van der Waals surface area contributed by atoms with Crippen LogP contribution in [0, 0.1) is 0 Å². The molecule has 20 heavy (non-hydrogen) atoms. The maximum Gasteiger partial charge on any atom is 0.0766 e. The van der Waals surface area contributed by atoms with Crippen LogP contribution in [0.3, 0.4) is 0 Å². The summed E-state index contributed by atoms with van der Waals surface area (Å²) in [5.41, 5.74) is 8.64. The van der Waals surface area contributed by atoms with E-state index in [0.717, 1.165) is 29.4 Å². The number of halogens is 1. The summed E-state index contributed by atoms with van der Waals surface area (Å²) in [6.45, 7) is 4.39. The molecule has 0 radical (unpaired) electrons. The van der Waals surface area contributed by atoms with Crippen LogP contribution in [-0.4, -0.2) is 15.8 Å². The van der Waals surface area contributed by atoms with Crippen LogP contribution in [0.5, 0.6) is 0 Å². The summed E-state index contributed by atoms with van der Waals surface area (Å²) in [5, 5.41) is 4.53. The third-order valence-corrected chi connectivity index (χ3v) is 4.80. The quantitative estimate of drug-likeness (QED) is 0.641. The molecule has 0 aliphatic carbocycles. The number of aryl methyl sites for hydroxylation is 2. The summed E-state index contributed by atoms with van der Waals surface area (Å²) in [4.78, 5) is 0. The average molecular weight is 344 g/mol. The molecule has 1 aromatic heterocycles. The van der Waals surface area contributed by atoms with Gasteiger partial charge in [0.25, 0.3) is 0 Å². The minimum atomic E-state index is 0.248. The van der Waals surface area contributed by atoms with E-state index in [1.165, 1.54) is 44.2 Å². The second-order valence-electron chi connectivity index (χ2n) is 5.71. The molecule has 1 unspecified atom stereocenters. The predicted octanol–water partition coefficient (Wildman–Crippen LogP) is 4.37. The fourth-order valence-electron chi connectivity index (χ4n) is 2.58. The van der Waals surface area contributed by atoms with Crippen LogP contribution in [0.2, 0.25) is 0 Å². The highest BCUT2D eigenvalue weighted by Crippen LogP contribution is 2.23. The number of nitrogens with two attached hydrogens (primary N) is 1. The van der Waals surface area contributed by atoms with Gasteiger partial charge in [-0.15, -0.1) is 0 Å². The van der Waals surface area contributed by atoms with Gasteiger partial charge < -0.3 is 5.73 Å². The molecule has 0 amide bonds. The molecule has 2 N–H and O–H groups in total. The largest absolute Gasteiger partial charge is 0.327 e. The van der Waals surface area contributed by atoms with Gasteiger partial charge in [-0.3, -0.25) is 4.68 Å². The summed E-state index contributed by atoms with van der Waals surface area (Å²) in [5.74, 6) is 0. The third kappa shape index (κ3) is 5.57. The molecule has 0 aliphatic rings. The molecule has 1 heterocycles. The molecule has 116 valence electrons. The number of nitrogens with zero attached hydrogens (tertiary/aromatic N) is 2. The van der Waals surface area contributed by atoms with E-state index in [9.17, 15) is 0 Å². The summed E-state index contributed by atoms with van der Waals surface area (Å²) < 4.78 is 3.13. The van der Waals surface area contributed by atoms with Crippen LogP contribution < -0.4 is 5.73 Å². The van der Waals surface area contributed by atoms with Gasteiger partial charge in [-0.25, -0.2) is 0 Å². The van der Waals surface area contributed by atoms with Crippen molar-refractivity contribution >= 4 is 15.9 Å². The van der Waals surface area contributed by atoms with Crippen LogP contribution in [0.4, 0.5) is 0 Å². The Morgan fingerprint density at radius 1 is 1.15 bits per heavy atom. The highest BCUT2D eigenvalue weighted by molar-refractivity contribution is 9.10. The molecule has 1 atom stereocenters. The first-order valence-corrected chi connectivity index (χ1v) is 8.85. The third-order valence-electron chi connectivity index (χ3n) is 3.89. The summed E-state index contributed by atoms with van der Waals surface area (Å²) in [6.07, 6.45) is 11.0. The lowest BCUT2D eigenvalue weighted by molar-refractivity contribution is 0.520. The lowest BCUT2D eigenvalue weighted by atomic mass is 10.0. The van der Waals surface area contributed by atoms with Crippen molar-refractivity contribution in [1.82, 2.24) is 9.78 Å². The van der Waals surface area contributed by atoms with Crippen molar-refractivity contribution in [1.29, 1.82) is 0 Å². The Kier molecular flexibility index (Phi) is 8.46. The molecule has 0 saturated carbocycles. The second kappa shape index (κ2) is 9.56. The fourth-order valence-corrected chi connectivity index (χ4v) is 3.36. The molecule has 0 spiro atoms. The molecule has 1 aromatic rings. The van der Waals surface area contributed by atoms with Crippen LogP contribution >= 0.6 is 15.9 Å². The number of hydrogen-bond acceptors (Lipinski definition) is 2. The number of unbranched alkanes of at least 4 members (excludes halogenated alkanes) is 5. The lowest BCUT2D eigenvalue weighted by Crippen LogP contribution is -2.24. The highest BCUT2D eigenvalue weighted by atomic mass is 79.9. The Morgan fingerprint density at radius 3 is 2.40 bits per heavy atom. The van der Waals surface area contributed by atoms with Crippen molar-refractivity contribution in [2.45, 2.75) is 77.7 Å². The molecule has 3 nitrogen and oxygen atoms in total. The SMILES string of the molecule is CCCCCCCCC(N)Cc1c(Br)c(CC)nn1C. The van der Waals surface area contributed by atoms with E-state index in [2.05, 4.69) is 34.9 Å². The van der Waals surface area contributed by atoms with E-state index in [1.54, 1.807) is 0 Å². The Balaban J connectivity index is 2.32. The monoisotopic (exact) mass is 343 g/mol. The molecule has 0 bridgehead atoms. The van der Waals surface area contributed by atoms with E-state index < -0.39 is 0 Å². The molecule has 4 heteroatoms. The summed E-state index contributed by atoms with van der Waals surface area (Å²) >= 11 is 3.66. The number of rotatable bonds is 10. The summed E-state index contributed by atoms with van der Waals surface area (Å²) in [6, 6.07) is 0.248. The zero-order valence-corrected chi connectivity index (χ0v) is 14.9. The van der Waals surface area contributed by atoms with Gasteiger partial charge in [0.2, 0.25) is 0 Å². The minimum absolute atomic E-state index is 0.248. The first-order chi connectivity index (χ1) is 9.60. The predicted molar refractivity (Wildman–Crippen MR) is 90.0 cm³/mol. The Morgan fingerprint density at radius 2 is 1.80 bits per heavy atom. The van der Waals surface area contributed by atoms with Gasteiger partial charge in [0.1, 0.15) is 0 Å². The van der Waals surface area contributed by atoms with E-state index >= 15 is 0 Å². The van der Waals surface area contributed by atoms with Gasteiger partial charge in [0.05, 0.1) is 15.9 Å².